The van der Waals surface area contributed by atoms with Crippen molar-refractivity contribution in [3.8, 4) is 0 Å². The first-order valence-corrected chi connectivity index (χ1v) is 19.0. The van der Waals surface area contributed by atoms with Crippen molar-refractivity contribution >= 4 is 35.3 Å². The molecule has 2 aliphatic carbocycles. The second kappa shape index (κ2) is 17.1. The molecule has 6 heteroatoms. The molecule has 0 heterocycles. The standard InChI is InChI=1S/C41H46N2O2S2/c44-40(38(32-13-5-1-6-14-32)46-36-17-9-3-10-18-36)42-34-25-21-30(22-26-34)29-31-23-27-35(28-24-31)43-41(45)39(33-15-7-2-8-16-33)47-37-19-11-4-12-20-37/h1-20,30-31,34-35,38-39H,21-29H2,(H,42,44)(H,43,45). The summed E-state index contributed by atoms with van der Waals surface area (Å²) in [5, 5.41) is 6.33. The monoisotopic (exact) mass is 662 g/mol. The Morgan fingerprint density at radius 2 is 0.809 bits per heavy atom. The average molecular weight is 663 g/mol. The van der Waals surface area contributed by atoms with Crippen molar-refractivity contribution in [3.63, 3.8) is 0 Å². The Morgan fingerprint density at radius 3 is 1.15 bits per heavy atom. The van der Waals surface area contributed by atoms with E-state index in [1.807, 2.05) is 72.8 Å². The van der Waals surface area contributed by atoms with Crippen LogP contribution < -0.4 is 10.6 Å². The molecule has 2 saturated carbocycles. The van der Waals surface area contributed by atoms with E-state index in [-0.39, 0.29) is 34.4 Å². The molecule has 0 bridgehead atoms. The third-order valence-corrected chi connectivity index (χ3v) is 12.3. The molecule has 0 spiro atoms. The van der Waals surface area contributed by atoms with E-state index in [4.69, 9.17) is 0 Å². The number of rotatable bonds is 12. The smallest absolute Gasteiger partial charge is 0.238 e. The van der Waals surface area contributed by atoms with Crippen LogP contribution in [0.2, 0.25) is 0 Å². The van der Waals surface area contributed by atoms with E-state index >= 15 is 0 Å². The topological polar surface area (TPSA) is 58.2 Å². The van der Waals surface area contributed by atoms with Crippen molar-refractivity contribution in [3.05, 3.63) is 132 Å². The van der Waals surface area contributed by atoms with Gasteiger partial charge in [-0.2, -0.15) is 0 Å². The molecule has 4 nitrogen and oxygen atoms in total. The molecule has 244 valence electrons. The molecule has 0 saturated heterocycles. The molecule has 2 atom stereocenters. The maximum atomic E-state index is 13.6. The lowest BCUT2D eigenvalue weighted by Gasteiger charge is -2.35. The molecule has 6 rings (SSSR count). The molecule has 4 aromatic carbocycles. The van der Waals surface area contributed by atoms with E-state index in [2.05, 4.69) is 59.2 Å². The van der Waals surface area contributed by atoms with Crippen LogP contribution in [0.25, 0.3) is 0 Å². The molecule has 0 radical (unpaired) electrons. The number of thioether (sulfide) groups is 2. The van der Waals surface area contributed by atoms with Gasteiger partial charge in [-0.3, -0.25) is 9.59 Å². The summed E-state index contributed by atoms with van der Waals surface area (Å²) in [7, 11) is 0. The molecular formula is C41H46N2O2S2. The zero-order valence-corrected chi connectivity index (χ0v) is 28.6. The highest BCUT2D eigenvalue weighted by molar-refractivity contribution is 8.00. The highest BCUT2D eigenvalue weighted by atomic mass is 32.2. The Kier molecular flexibility index (Phi) is 12.1. The van der Waals surface area contributed by atoms with Gasteiger partial charge >= 0.3 is 0 Å². The van der Waals surface area contributed by atoms with Crippen LogP contribution in [0.1, 0.15) is 79.4 Å². The first-order chi connectivity index (χ1) is 23.1. The minimum atomic E-state index is -0.257. The lowest BCUT2D eigenvalue weighted by molar-refractivity contribution is -0.122. The average Bonchev–Trinajstić information content (AvgIpc) is 3.13. The highest BCUT2D eigenvalue weighted by Gasteiger charge is 2.31. The van der Waals surface area contributed by atoms with Crippen molar-refractivity contribution in [1.29, 1.82) is 0 Å². The van der Waals surface area contributed by atoms with Gasteiger partial charge in [0, 0.05) is 21.9 Å². The molecule has 2 unspecified atom stereocenters. The second-order valence-corrected chi connectivity index (χ2v) is 15.5. The Morgan fingerprint density at radius 1 is 0.489 bits per heavy atom. The highest BCUT2D eigenvalue weighted by Crippen LogP contribution is 2.39. The second-order valence-electron chi connectivity index (χ2n) is 13.1. The van der Waals surface area contributed by atoms with Gasteiger partial charge in [0.2, 0.25) is 11.8 Å². The summed E-state index contributed by atoms with van der Waals surface area (Å²) in [6.45, 7) is 0. The van der Waals surface area contributed by atoms with E-state index in [1.165, 1.54) is 32.1 Å². The Labute approximate surface area is 288 Å². The molecule has 0 aromatic heterocycles. The summed E-state index contributed by atoms with van der Waals surface area (Å²) < 4.78 is 0. The quantitative estimate of drug-likeness (QED) is 0.148. The number of benzene rings is 4. The van der Waals surface area contributed by atoms with Gasteiger partial charge in [-0.05, 0) is 105 Å². The van der Waals surface area contributed by atoms with Crippen LogP contribution in [-0.4, -0.2) is 23.9 Å². The van der Waals surface area contributed by atoms with Gasteiger partial charge < -0.3 is 10.6 Å². The molecule has 4 aromatic rings. The lowest BCUT2D eigenvalue weighted by atomic mass is 9.75. The van der Waals surface area contributed by atoms with Crippen LogP contribution in [0.4, 0.5) is 0 Å². The van der Waals surface area contributed by atoms with Crippen LogP contribution >= 0.6 is 23.5 Å². The molecule has 2 amide bonds. The van der Waals surface area contributed by atoms with Crippen molar-refractivity contribution in [2.24, 2.45) is 11.8 Å². The fraction of sp³-hybridized carbons (Fsp3) is 0.366. The maximum absolute atomic E-state index is 13.6. The molecule has 2 fully saturated rings. The largest absolute Gasteiger partial charge is 0.352 e. The van der Waals surface area contributed by atoms with E-state index in [0.717, 1.165) is 58.4 Å². The summed E-state index contributed by atoms with van der Waals surface area (Å²) >= 11 is 3.25. The van der Waals surface area contributed by atoms with Crippen molar-refractivity contribution in [2.75, 3.05) is 0 Å². The van der Waals surface area contributed by atoms with Crippen molar-refractivity contribution < 1.29 is 9.59 Å². The first kappa shape index (κ1) is 33.4. The minimum absolute atomic E-state index is 0.116. The molecule has 2 N–H and O–H groups in total. The van der Waals surface area contributed by atoms with Gasteiger partial charge in [0.25, 0.3) is 0 Å². The molecular weight excluding hydrogens is 617 g/mol. The molecule has 2 aliphatic rings. The summed E-state index contributed by atoms with van der Waals surface area (Å²) in [6.07, 6.45) is 10.2. The van der Waals surface area contributed by atoms with Gasteiger partial charge in [-0.25, -0.2) is 0 Å². The maximum Gasteiger partial charge on any atom is 0.238 e. The number of hydrogen-bond donors (Lipinski definition) is 2. The lowest BCUT2D eigenvalue weighted by Crippen LogP contribution is -2.41. The van der Waals surface area contributed by atoms with Gasteiger partial charge in [-0.1, -0.05) is 97.1 Å². The fourth-order valence-electron chi connectivity index (χ4n) is 7.18. The zero-order valence-electron chi connectivity index (χ0n) is 27.0. The summed E-state index contributed by atoms with van der Waals surface area (Å²) in [6, 6.07) is 41.2. The summed E-state index contributed by atoms with van der Waals surface area (Å²) in [5.74, 6) is 1.69. The number of carbonyl (C=O) groups excluding carboxylic acids is 2. The summed E-state index contributed by atoms with van der Waals surface area (Å²) in [5.41, 5.74) is 2.09. The third kappa shape index (κ3) is 9.77. The molecule has 47 heavy (non-hydrogen) atoms. The number of hydrogen-bond acceptors (Lipinski definition) is 4. The van der Waals surface area contributed by atoms with E-state index in [9.17, 15) is 9.59 Å². The SMILES string of the molecule is O=C(NC1CCC(CC2CCC(NC(=O)C(Sc3ccccc3)c3ccccc3)CC2)CC1)C(Sc1ccccc1)c1ccccc1. The number of nitrogens with one attached hydrogen (secondary N) is 2. The number of carbonyl (C=O) groups is 2. The number of amides is 2. The van der Waals surface area contributed by atoms with Gasteiger partial charge in [-0.15, -0.1) is 23.5 Å². The first-order valence-electron chi connectivity index (χ1n) is 17.2. The van der Waals surface area contributed by atoms with Gasteiger partial charge in [0.1, 0.15) is 10.5 Å². The van der Waals surface area contributed by atoms with Gasteiger partial charge in [0.05, 0.1) is 0 Å². The van der Waals surface area contributed by atoms with Gasteiger partial charge in [0.15, 0.2) is 0 Å². The fourth-order valence-corrected chi connectivity index (χ4v) is 9.29. The Balaban J connectivity index is 0.949. The third-order valence-electron chi connectivity index (χ3n) is 9.73. The predicted octanol–water partition coefficient (Wildman–Crippen LogP) is 9.79. The van der Waals surface area contributed by atoms with Crippen molar-refractivity contribution in [2.45, 2.75) is 90.2 Å². The van der Waals surface area contributed by atoms with Crippen LogP contribution in [0.5, 0.6) is 0 Å². The Bertz CT molecular complexity index is 1400. The van der Waals surface area contributed by atoms with Crippen molar-refractivity contribution in [1.82, 2.24) is 10.6 Å². The predicted molar refractivity (Wildman–Crippen MR) is 195 cm³/mol. The van der Waals surface area contributed by atoms with Crippen LogP contribution in [0.15, 0.2) is 131 Å². The van der Waals surface area contributed by atoms with Crippen LogP contribution in [0.3, 0.4) is 0 Å². The minimum Gasteiger partial charge on any atom is -0.352 e. The van der Waals surface area contributed by atoms with E-state index < -0.39 is 0 Å². The van der Waals surface area contributed by atoms with E-state index in [1.54, 1.807) is 23.5 Å². The van der Waals surface area contributed by atoms with E-state index in [0.29, 0.717) is 0 Å². The Hall–Kier alpha value is -3.48. The van der Waals surface area contributed by atoms with Crippen LogP contribution in [-0.2, 0) is 9.59 Å². The zero-order chi connectivity index (χ0) is 32.3. The van der Waals surface area contributed by atoms with Crippen LogP contribution in [0, 0.1) is 11.8 Å². The normalized spacial score (nSPS) is 22.5. The summed E-state index contributed by atoms with van der Waals surface area (Å²) in [4.78, 5) is 29.4. The molecule has 0 aliphatic heterocycles.